The summed E-state index contributed by atoms with van der Waals surface area (Å²) in [6, 6.07) is 22.3. The smallest absolute Gasteiger partial charge is 0.408 e. The molecule has 2 heterocycles. The molecule has 2 aromatic carbocycles. The number of carbonyl (C=O) groups is 1. The summed E-state index contributed by atoms with van der Waals surface area (Å²) in [4.78, 5) is 17.4. The van der Waals surface area contributed by atoms with E-state index in [-0.39, 0.29) is 11.6 Å². The minimum atomic E-state index is -0.529. The van der Waals surface area contributed by atoms with Gasteiger partial charge in [-0.3, -0.25) is 4.40 Å². The number of rotatable bonds is 4. The summed E-state index contributed by atoms with van der Waals surface area (Å²) in [5.41, 5.74) is 4.98. The van der Waals surface area contributed by atoms with Gasteiger partial charge in [-0.05, 0) is 51.7 Å². The summed E-state index contributed by atoms with van der Waals surface area (Å²) in [5, 5.41) is 3.78. The second kappa shape index (κ2) is 8.48. The zero-order valence-corrected chi connectivity index (χ0v) is 20.4. The van der Waals surface area contributed by atoms with Crippen molar-refractivity contribution in [3.63, 3.8) is 0 Å². The second-order valence-electron chi connectivity index (χ2n) is 9.89. The zero-order valence-electron chi connectivity index (χ0n) is 19.6. The lowest BCUT2D eigenvalue weighted by molar-refractivity contribution is 0.0377. The summed E-state index contributed by atoms with van der Waals surface area (Å²) in [7, 11) is 0. The van der Waals surface area contributed by atoms with E-state index >= 15 is 0 Å². The minimum Gasteiger partial charge on any atom is -0.444 e. The Bertz CT molecular complexity index is 1330. The maximum absolute atomic E-state index is 12.5. The van der Waals surface area contributed by atoms with Crippen LogP contribution in [-0.4, -0.2) is 21.1 Å². The molecule has 34 heavy (non-hydrogen) atoms. The summed E-state index contributed by atoms with van der Waals surface area (Å²) >= 11 is 6.25. The Balaban J connectivity index is 1.52. The highest BCUT2D eigenvalue weighted by Gasteiger charge is 2.41. The van der Waals surface area contributed by atoms with Crippen molar-refractivity contribution >= 4 is 23.3 Å². The quantitative estimate of drug-likeness (QED) is 0.340. The van der Waals surface area contributed by atoms with Gasteiger partial charge in [0.15, 0.2) is 0 Å². The van der Waals surface area contributed by atoms with Crippen LogP contribution in [0.15, 0.2) is 72.9 Å². The number of aromatic nitrogens is 2. The summed E-state index contributed by atoms with van der Waals surface area (Å²) in [6.45, 7) is 5.63. The zero-order chi connectivity index (χ0) is 23.9. The Kier molecular flexibility index (Phi) is 5.61. The van der Waals surface area contributed by atoms with Gasteiger partial charge >= 0.3 is 6.09 Å². The topological polar surface area (TPSA) is 55.6 Å². The van der Waals surface area contributed by atoms with Crippen LogP contribution in [0.1, 0.15) is 45.6 Å². The number of benzene rings is 2. The number of hydrogen-bond acceptors (Lipinski definition) is 3. The number of halogens is 1. The maximum Gasteiger partial charge on any atom is 0.408 e. The van der Waals surface area contributed by atoms with Crippen LogP contribution < -0.4 is 5.32 Å². The van der Waals surface area contributed by atoms with Gasteiger partial charge in [0.05, 0.1) is 16.9 Å². The van der Waals surface area contributed by atoms with Crippen LogP contribution in [0.25, 0.3) is 28.2 Å². The normalized spacial score (nSPS) is 15.1. The average Bonchev–Trinajstić information content (AvgIpc) is 3.14. The lowest BCUT2D eigenvalue weighted by atomic mass is 9.71. The number of hydrogen-bond donors (Lipinski definition) is 1. The van der Waals surface area contributed by atoms with E-state index in [9.17, 15) is 4.79 Å². The van der Waals surface area contributed by atoms with Crippen molar-refractivity contribution in [3.8, 4) is 22.5 Å². The fourth-order valence-electron chi connectivity index (χ4n) is 4.56. The van der Waals surface area contributed by atoms with E-state index in [1.54, 1.807) is 0 Å². The number of carbonyl (C=O) groups excluding carboxylic acids is 1. The Morgan fingerprint density at radius 1 is 1.03 bits per heavy atom. The SMILES string of the molecule is CC(C)(C)OC(=O)NC1(c2ccc(-c3nc4cc(Cl)ccn4c3-c3ccccc3)cc2)CCC1. The average molecular weight is 474 g/mol. The third-order valence-electron chi connectivity index (χ3n) is 6.29. The molecule has 1 aliphatic carbocycles. The second-order valence-corrected chi connectivity index (χ2v) is 10.3. The van der Waals surface area contributed by atoms with Crippen LogP contribution >= 0.6 is 11.6 Å². The van der Waals surface area contributed by atoms with Crippen molar-refractivity contribution in [2.75, 3.05) is 0 Å². The van der Waals surface area contributed by atoms with Crippen molar-refractivity contribution in [1.29, 1.82) is 0 Å². The maximum atomic E-state index is 12.5. The summed E-state index contributed by atoms with van der Waals surface area (Å²) in [5.74, 6) is 0. The molecule has 174 valence electrons. The Morgan fingerprint density at radius 2 is 1.74 bits per heavy atom. The molecule has 6 heteroatoms. The third-order valence-corrected chi connectivity index (χ3v) is 6.53. The predicted molar refractivity (Wildman–Crippen MR) is 136 cm³/mol. The van der Waals surface area contributed by atoms with Crippen LogP contribution in [0.2, 0.25) is 5.02 Å². The van der Waals surface area contributed by atoms with Gasteiger partial charge in [0.2, 0.25) is 0 Å². The molecule has 1 N–H and O–H groups in total. The van der Waals surface area contributed by atoms with Gasteiger partial charge in [-0.15, -0.1) is 0 Å². The molecule has 0 aliphatic heterocycles. The van der Waals surface area contributed by atoms with Gasteiger partial charge in [0.25, 0.3) is 0 Å². The Labute approximate surface area is 204 Å². The highest BCUT2D eigenvalue weighted by molar-refractivity contribution is 6.30. The highest BCUT2D eigenvalue weighted by Crippen LogP contribution is 2.42. The van der Waals surface area contributed by atoms with Crippen LogP contribution in [0.5, 0.6) is 0 Å². The van der Waals surface area contributed by atoms with E-state index in [2.05, 4.69) is 46.1 Å². The molecule has 4 aromatic rings. The first-order valence-corrected chi connectivity index (χ1v) is 12.0. The first-order valence-electron chi connectivity index (χ1n) is 11.6. The Morgan fingerprint density at radius 3 is 2.35 bits per heavy atom. The molecule has 0 radical (unpaired) electrons. The van der Waals surface area contributed by atoms with Crippen molar-refractivity contribution in [3.05, 3.63) is 83.5 Å². The fourth-order valence-corrected chi connectivity index (χ4v) is 4.71. The Hall–Kier alpha value is -3.31. The van der Waals surface area contributed by atoms with Crippen LogP contribution in [0, 0.1) is 0 Å². The number of fused-ring (bicyclic) bond motifs is 1. The molecule has 1 saturated carbocycles. The van der Waals surface area contributed by atoms with Gasteiger partial charge in [-0.2, -0.15) is 0 Å². The molecule has 1 amide bonds. The van der Waals surface area contributed by atoms with E-state index < -0.39 is 5.60 Å². The van der Waals surface area contributed by atoms with Gasteiger partial charge in [-0.1, -0.05) is 66.2 Å². The molecule has 0 spiro atoms. The van der Waals surface area contributed by atoms with Gasteiger partial charge < -0.3 is 10.1 Å². The van der Waals surface area contributed by atoms with E-state index in [1.807, 2.05) is 57.3 Å². The van der Waals surface area contributed by atoms with E-state index in [0.717, 1.165) is 53.0 Å². The largest absolute Gasteiger partial charge is 0.444 e. The number of nitrogens with one attached hydrogen (secondary N) is 1. The summed E-state index contributed by atoms with van der Waals surface area (Å²) < 4.78 is 7.59. The number of ether oxygens (including phenoxy) is 1. The molecule has 2 aromatic heterocycles. The van der Waals surface area contributed by atoms with Crippen LogP contribution in [-0.2, 0) is 10.3 Å². The molecule has 5 rings (SSSR count). The molecule has 5 nitrogen and oxygen atoms in total. The number of amides is 1. The van der Waals surface area contributed by atoms with Gasteiger partial charge in [0.1, 0.15) is 11.2 Å². The molecular formula is C28H28ClN3O2. The molecule has 0 unspecified atom stereocenters. The molecule has 0 saturated heterocycles. The number of nitrogens with zero attached hydrogens (tertiary/aromatic N) is 2. The van der Waals surface area contributed by atoms with Gasteiger partial charge in [-0.25, -0.2) is 9.78 Å². The van der Waals surface area contributed by atoms with E-state index in [0.29, 0.717) is 5.02 Å². The van der Waals surface area contributed by atoms with Crippen molar-refractivity contribution in [2.24, 2.45) is 0 Å². The highest BCUT2D eigenvalue weighted by atomic mass is 35.5. The fraction of sp³-hybridized carbons (Fsp3) is 0.286. The molecule has 1 aliphatic rings. The predicted octanol–water partition coefficient (Wildman–Crippen LogP) is 7.23. The van der Waals surface area contributed by atoms with Crippen molar-refractivity contribution in [1.82, 2.24) is 14.7 Å². The van der Waals surface area contributed by atoms with E-state index in [1.165, 1.54) is 0 Å². The first-order chi connectivity index (χ1) is 16.2. The lowest BCUT2D eigenvalue weighted by Crippen LogP contribution is -2.52. The molecule has 1 fully saturated rings. The third kappa shape index (κ3) is 4.28. The molecular weight excluding hydrogens is 446 g/mol. The minimum absolute atomic E-state index is 0.375. The first kappa shape index (κ1) is 22.5. The lowest BCUT2D eigenvalue weighted by Gasteiger charge is -2.43. The van der Waals surface area contributed by atoms with Crippen LogP contribution in [0.3, 0.4) is 0 Å². The van der Waals surface area contributed by atoms with E-state index in [4.69, 9.17) is 21.3 Å². The molecule has 0 atom stereocenters. The number of imidazole rings is 1. The van der Waals surface area contributed by atoms with Crippen LogP contribution in [0.4, 0.5) is 4.79 Å². The monoisotopic (exact) mass is 473 g/mol. The van der Waals surface area contributed by atoms with Crippen molar-refractivity contribution < 1.29 is 9.53 Å². The number of alkyl carbamates (subject to hydrolysis) is 1. The summed E-state index contributed by atoms with van der Waals surface area (Å²) in [6.07, 6.45) is 4.45. The molecule has 0 bridgehead atoms. The standard InChI is InChI=1S/C28H28ClN3O2/c1-27(2,3)34-26(33)31-28(15-7-16-28)21-12-10-19(11-13-21)24-25(20-8-5-4-6-9-20)32-17-14-22(29)18-23(32)30-24/h4-6,8-14,17-18H,7,15-16H2,1-3H3,(H,31,33). The number of pyridine rings is 1. The van der Waals surface area contributed by atoms with Crippen molar-refractivity contribution in [2.45, 2.75) is 51.2 Å². The van der Waals surface area contributed by atoms with Gasteiger partial charge in [0, 0.05) is 28.4 Å².